The zero-order valence-corrected chi connectivity index (χ0v) is 14.7. The van der Waals surface area contributed by atoms with E-state index in [9.17, 15) is 4.79 Å². The van der Waals surface area contributed by atoms with E-state index in [4.69, 9.17) is 11.6 Å². The molecular formula is C22H20ClNO. The van der Waals surface area contributed by atoms with Crippen LogP contribution in [-0.2, 0) is 17.6 Å². The number of aromatic nitrogens is 1. The van der Waals surface area contributed by atoms with Crippen LogP contribution >= 0.6 is 11.6 Å². The number of nitrogens with zero attached hydrogens (tertiary/aromatic N) is 1. The molecule has 0 radical (unpaired) electrons. The molecule has 3 heteroatoms. The van der Waals surface area contributed by atoms with Gasteiger partial charge in [-0.25, -0.2) is 0 Å². The third-order valence-corrected chi connectivity index (χ3v) is 4.51. The van der Waals surface area contributed by atoms with Crippen LogP contribution in [0.5, 0.6) is 0 Å². The molecule has 1 heterocycles. The molecule has 25 heavy (non-hydrogen) atoms. The zero-order valence-electron chi connectivity index (χ0n) is 14.0. The lowest BCUT2D eigenvalue weighted by Crippen LogP contribution is -2.03. The lowest BCUT2D eigenvalue weighted by atomic mass is 10.00. The maximum atomic E-state index is 12.0. The van der Waals surface area contributed by atoms with Gasteiger partial charge in [0.25, 0.3) is 0 Å². The van der Waals surface area contributed by atoms with Crippen LogP contribution in [-0.4, -0.2) is 10.8 Å². The van der Waals surface area contributed by atoms with Crippen molar-refractivity contribution in [1.82, 2.24) is 4.98 Å². The molecule has 2 nitrogen and oxygen atoms in total. The summed E-state index contributed by atoms with van der Waals surface area (Å²) < 4.78 is 0. The predicted octanol–water partition coefficient (Wildman–Crippen LogP) is 5.54. The molecule has 0 saturated heterocycles. The molecule has 126 valence electrons. The number of pyridine rings is 1. The van der Waals surface area contributed by atoms with Crippen molar-refractivity contribution in [2.24, 2.45) is 0 Å². The molecular weight excluding hydrogens is 330 g/mol. The highest BCUT2D eigenvalue weighted by molar-refractivity contribution is 6.33. The van der Waals surface area contributed by atoms with E-state index in [-0.39, 0.29) is 5.78 Å². The van der Waals surface area contributed by atoms with Gasteiger partial charge in [0.15, 0.2) is 0 Å². The fraction of sp³-hybridized carbons (Fsp3) is 0.182. The van der Waals surface area contributed by atoms with Crippen molar-refractivity contribution < 1.29 is 4.79 Å². The minimum atomic E-state index is 0.265. The van der Waals surface area contributed by atoms with Crippen LogP contribution in [0.15, 0.2) is 73.1 Å². The normalized spacial score (nSPS) is 10.6. The summed E-state index contributed by atoms with van der Waals surface area (Å²) in [5, 5.41) is 0.760. The maximum absolute atomic E-state index is 12.0. The van der Waals surface area contributed by atoms with E-state index in [2.05, 4.69) is 29.2 Å². The van der Waals surface area contributed by atoms with Crippen molar-refractivity contribution in [3.63, 3.8) is 0 Å². The fourth-order valence-corrected chi connectivity index (χ4v) is 3.10. The van der Waals surface area contributed by atoms with Gasteiger partial charge in [0.2, 0.25) is 0 Å². The van der Waals surface area contributed by atoms with Crippen LogP contribution in [0.25, 0.3) is 11.1 Å². The molecule has 0 unspecified atom stereocenters. The second-order valence-corrected chi connectivity index (χ2v) is 6.51. The van der Waals surface area contributed by atoms with Crippen LogP contribution < -0.4 is 0 Å². The van der Waals surface area contributed by atoms with Crippen molar-refractivity contribution in [2.45, 2.75) is 25.7 Å². The summed E-state index contributed by atoms with van der Waals surface area (Å²) in [5.74, 6) is 0.265. The van der Waals surface area contributed by atoms with Gasteiger partial charge < -0.3 is 0 Å². The van der Waals surface area contributed by atoms with Gasteiger partial charge in [0.05, 0.1) is 0 Å². The van der Waals surface area contributed by atoms with Gasteiger partial charge >= 0.3 is 0 Å². The number of carbonyl (C=O) groups is 1. The van der Waals surface area contributed by atoms with E-state index in [1.807, 2.05) is 36.4 Å². The topological polar surface area (TPSA) is 30.0 Å². The van der Waals surface area contributed by atoms with Gasteiger partial charge in [0.1, 0.15) is 5.78 Å². The Kier molecular flexibility index (Phi) is 5.97. The Morgan fingerprint density at radius 3 is 2.44 bits per heavy atom. The molecule has 0 amide bonds. The second kappa shape index (κ2) is 8.59. The van der Waals surface area contributed by atoms with E-state index >= 15 is 0 Å². The number of carbonyl (C=O) groups excluding carboxylic acids is 1. The Labute approximate surface area is 153 Å². The lowest BCUT2D eigenvalue weighted by molar-refractivity contribution is -0.118. The van der Waals surface area contributed by atoms with Crippen molar-refractivity contribution in [3.8, 4) is 11.1 Å². The van der Waals surface area contributed by atoms with Crippen molar-refractivity contribution >= 4 is 17.4 Å². The number of hydrogen-bond acceptors (Lipinski definition) is 2. The first-order chi connectivity index (χ1) is 12.2. The fourth-order valence-electron chi connectivity index (χ4n) is 2.85. The Bertz CT molecular complexity index is 828. The first-order valence-corrected chi connectivity index (χ1v) is 8.84. The summed E-state index contributed by atoms with van der Waals surface area (Å²) in [5.41, 5.74) is 4.38. The smallest absolute Gasteiger partial charge is 0.137 e. The first-order valence-electron chi connectivity index (χ1n) is 8.47. The number of rotatable bonds is 7. The van der Waals surface area contributed by atoms with Gasteiger partial charge in [-0.05, 0) is 41.7 Å². The SMILES string of the molecule is O=C(CCCc1ccc(-c2ccccc2Cl)cc1)Cc1cccnc1. The van der Waals surface area contributed by atoms with Crippen molar-refractivity contribution in [3.05, 3.63) is 89.2 Å². The third-order valence-electron chi connectivity index (χ3n) is 4.18. The van der Waals surface area contributed by atoms with Gasteiger partial charge in [-0.1, -0.05) is 60.1 Å². The Balaban J connectivity index is 1.51. The second-order valence-electron chi connectivity index (χ2n) is 6.11. The molecule has 0 bridgehead atoms. The molecule has 0 aliphatic heterocycles. The highest BCUT2D eigenvalue weighted by Gasteiger charge is 2.05. The molecule has 0 atom stereocenters. The number of ketones is 1. The minimum Gasteiger partial charge on any atom is -0.299 e. The lowest BCUT2D eigenvalue weighted by Gasteiger charge is -2.06. The van der Waals surface area contributed by atoms with E-state index < -0.39 is 0 Å². The van der Waals surface area contributed by atoms with Crippen LogP contribution in [0.3, 0.4) is 0 Å². The standard InChI is InChI=1S/C22H20ClNO/c23-22-9-2-1-8-21(22)19-12-10-17(11-13-19)5-3-7-20(25)15-18-6-4-14-24-16-18/h1-2,4,6,8-14,16H,3,5,7,15H2. The van der Waals surface area contributed by atoms with Crippen LogP contribution in [0.2, 0.25) is 5.02 Å². The number of aryl methyl sites for hydroxylation is 1. The van der Waals surface area contributed by atoms with Crippen molar-refractivity contribution in [2.75, 3.05) is 0 Å². The number of Topliss-reactive ketones (excluding diaryl/α,β-unsaturated/α-hetero) is 1. The van der Waals surface area contributed by atoms with E-state index in [1.165, 1.54) is 5.56 Å². The number of halogens is 1. The summed E-state index contributed by atoms with van der Waals surface area (Å²) in [6.07, 6.45) is 6.32. The van der Waals surface area contributed by atoms with E-state index in [1.54, 1.807) is 12.4 Å². The summed E-state index contributed by atoms with van der Waals surface area (Å²) >= 11 is 6.24. The third kappa shape index (κ3) is 5.01. The summed E-state index contributed by atoms with van der Waals surface area (Å²) in [4.78, 5) is 16.1. The summed E-state index contributed by atoms with van der Waals surface area (Å²) in [7, 11) is 0. The van der Waals surface area contributed by atoms with Gasteiger partial charge in [-0.2, -0.15) is 0 Å². The molecule has 0 fully saturated rings. The largest absolute Gasteiger partial charge is 0.299 e. The molecule has 1 aromatic heterocycles. The molecule has 2 aromatic carbocycles. The average Bonchev–Trinajstić information content (AvgIpc) is 2.64. The van der Waals surface area contributed by atoms with E-state index in [0.717, 1.165) is 34.6 Å². The average molecular weight is 350 g/mol. The molecule has 3 aromatic rings. The van der Waals surface area contributed by atoms with E-state index in [0.29, 0.717) is 12.8 Å². The number of hydrogen-bond donors (Lipinski definition) is 0. The molecule has 0 saturated carbocycles. The Morgan fingerprint density at radius 2 is 1.72 bits per heavy atom. The highest BCUT2D eigenvalue weighted by Crippen LogP contribution is 2.27. The van der Waals surface area contributed by atoms with Crippen molar-refractivity contribution in [1.29, 1.82) is 0 Å². The van der Waals surface area contributed by atoms with Gasteiger partial charge in [0, 0.05) is 35.8 Å². The quantitative estimate of drug-likeness (QED) is 0.560. The van der Waals surface area contributed by atoms with Gasteiger partial charge in [-0.3, -0.25) is 9.78 Å². The summed E-state index contributed by atoms with van der Waals surface area (Å²) in [6, 6.07) is 20.1. The monoisotopic (exact) mass is 349 g/mol. The molecule has 0 aliphatic carbocycles. The minimum absolute atomic E-state index is 0.265. The zero-order chi connectivity index (χ0) is 17.5. The van der Waals surface area contributed by atoms with Crippen LogP contribution in [0, 0.1) is 0 Å². The Hall–Kier alpha value is -2.45. The first kappa shape index (κ1) is 17.4. The molecule has 0 aliphatic rings. The number of benzene rings is 2. The molecule has 0 spiro atoms. The highest BCUT2D eigenvalue weighted by atomic mass is 35.5. The molecule has 3 rings (SSSR count). The molecule has 0 N–H and O–H groups in total. The maximum Gasteiger partial charge on any atom is 0.137 e. The van der Waals surface area contributed by atoms with Crippen LogP contribution in [0.4, 0.5) is 0 Å². The van der Waals surface area contributed by atoms with Gasteiger partial charge in [-0.15, -0.1) is 0 Å². The van der Waals surface area contributed by atoms with Crippen LogP contribution in [0.1, 0.15) is 24.0 Å². The summed E-state index contributed by atoms with van der Waals surface area (Å²) in [6.45, 7) is 0. The predicted molar refractivity (Wildman–Crippen MR) is 103 cm³/mol. The Morgan fingerprint density at radius 1 is 0.920 bits per heavy atom.